The quantitative estimate of drug-likeness (QED) is 0.845. The first-order valence-electron chi connectivity index (χ1n) is 9.54. The third-order valence-electron chi connectivity index (χ3n) is 4.94. The minimum atomic E-state index is -0.0503. The summed E-state index contributed by atoms with van der Waals surface area (Å²) >= 11 is 0. The van der Waals surface area contributed by atoms with Gasteiger partial charge in [0.1, 0.15) is 0 Å². The molecule has 1 N–H and O–H groups in total. The molecule has 0 bridgehead atoms. The van der Waals surface area contributed by atoms with Gasteiger partial charge in [-0.3, -0.25) is 4.79 Å². The summed E-state index contributed by atoms with van der Waals surface area (Å²) in [6.07, 6.45) is 0. The van der Waals surface area contributed by atoms with E-state index in [0.717, 1.165) is 45.0 Å². The zero-order valence-corrected chi connectivity index (χ0v) is 16.4. The third-order valence-corrected chi connectivity index (χ3v) is 4.94. The molecule has 27 heavy (non-hydrogen) atoms. The molecule has 1 saturated heterocycles. The van der Waals surface area contributed by atoms with Crippen molar-refractivity contribution in [1.29, 1.82) is 0 Å². The minimum absolute atomic E-state index is 0.0503. The van der Waals surface area contributed by atoms with E-state index in [9.17, 15) is 4.79 Å². The smallest absolute Gasteiger partial charge is 0.274 e. The van der Waals surface area contributed by atoms with Crippen LogP contribution in [-0.4, -0.2) is 72.2 Å². The molecule has 0 aliphatic carbocycles. The van der Waals surface area contributed by atoms with Crippen molar-refractivity contribution in [1.82, 2.24) is 20.0 Å². The van der Waals surface area contributed by atoms with Gasteiger partial charge in [-0.25, -0.2) is 0 Å². The number of nitrogens with zero attached hydrogens (tertiary/aromatic N) is 5. The molecule has 0 unspecified atom stereocenters. The van der Waals surface area contributed by atoms with E-state index in [-0.39, 0.29) is 5.91 Å². The highest BCUT2D eigenvalue weighted by Gasteiger charge is 2.21. The predicted molar refractivity (Wildman–Crippen MR) is 109 cm³/mol. The van der Waals surface area contributed by atoms with Crippen molar-refractivity contribution in [2.45, 2.75) is 13.8 Å². The molecule has 7 nitrogen and oxygen atoms in total. The number of hydrogen-bond acceptors (Lipinski definition) is 6. The second kappa shape index (κ2) is 8.81. The van der Waals surface area contributed by atoms with Gasteiger partial charge in [0.25, 0.3) is 5.91 Å². The van der Waals surface area contributed by atoms with Crippen LogP contribution < -0.4 is 10.2 Å². The first kappa shape index (κ1) is 19.1. The fourth-order valence-electron chi connectivity index (χ4n) is 3.18. The zero-order chi connectivity index (χ0) is 19.2. The Balaban J connectivity index is 1.61. The van der Waals surface area contributed by atoms with Crippen LogP contribution in [0.25, 0.3) is 0 Å². The van der Waals surface area contributed by atoms with Crippen molar-refractivity contribution in [3.05, 3.63) is 42.1 Å². The van der Waals surface area contributed by atoms with Crippen LogP contribution in [0.15, 0.2) is 36.4 Å². The first-order chi connectivity index (χ1) is 13.1. The molecule has 1 amide bonds. The molecular weight excluding hydrogens is 340 g/mol. The molecule has 0 atom stereocenters. The lowest BCUT2D eigenvalue weighted by Gasteiger charge is -2.32. The maximum absolute atomic E-state index is 12.5. The lowest BCUT2D eigenvalue weighted by Crippen LogP contribution is -2.47. The van der Waals surface area contributed by atoms with Crippen molar-refractivity contribution < 1.29 is 4.79 Å². The molecule has 0 saturated carbocycles. The van der Waals surface area contributed by atoms with Crippen LogP contribution in [0, 0.1) is 0 Å². The van der Waals surface area contributed by atoms with Crippen molar-refractivity contribution in [3.8, 4) is 0 Å². The monoisotopic (exact) mass is 368 g/mol. The molecule has 1 aromatic heterocycles. The van der Waals surface area contributed by atoms with Gasteiger partial charge in [-0.05, 0) is 57.3 Å². The van der Waals surface area contributed by atoms with E-state index >= 15 is 0 Å². The second-order valence-corrected chi connectivity index (χ2v) is 6.74. The SMILES string of the molecule is CCN(CC)c1ccc(Nc2ccc(C(=O)N3CCN(C)CC3)nn2)cc1. The molecule has 144 valence electrons. The number of carbonyl (C=O) groups is 1. The van der Waals surface area contributed by atoms with Crippen LogP contribution in [0.5, 0.6) is 0 Å². The van der Waals surface area contributed by atoms with E-state index < -0.39 is 0 Å². The molecule has 7 heteroatoms. The fourth-order valence-corrected chi connectivity index (χ4v) is 3.18. The number of benzene rings is 1. The minimum Gasteiger partial charge on any atom is -0.372 e. The molecule has 2 heterocycles. The second-order valence-electron chi connectivity index (χ2n) is 6.74. The van der Waals surface area contributed by atoms with Gasteiger partial charge in [-0.2, -0.15) is 0 Å². The number of aromatic nitrogens is 2. The summed E-state index contributed by atoms with van der Waals surface area (Å²) in [6.45, 7) is 9.51. The number of carbonyl (C=O) groups excluding carboxylic acids is 1. The molecule has 2 aromatic rings. The highest BCUT2D eigenvalue weighted by atomic mass is 16.2. The Labute approximate surface area is 161 Å². The van der Waals surface area contributed by atoms with Gasteiger partial charge < -0.3 is 20.0 Å². The lowest BCUT2D eigenvalue weighted by molar-refractivity contribution is 0.0657. The molecule has 1 fully saturated rings. The van der Waals surface area contributed by atoms with Crippen LogP contribution in [-0.2, 0) is 0 Å². The molecular formula is C20H28N6O. The van der Waals surface area contributed by atoms with E-state index in [1.807, 2.05) is 17.0 Å². The molecule has 1 aromatic carbocycles. The standard InChI is InChI=1S/C20H28N6O/c1-4-25(5-2)17-8-6-16(7-9-17)21-19-11-10-18(22-23-19)20(27)26-14-12-24(3)13-15-26/h6-11H,4-5,12-15H2,1-3H3,(H,21,23). The van der Waals surface area contributed by atoms with Crippen molar-refractivity contribution in [2.75, 3.05) is 56.5 Å². The van der Waals surface area contributed by atoms with Crippen LogP contribution in [0.3, 0.4) is 0 Å². The number of rotatable bonds is 6. The first-order valence-corrected chi connectivity index (χ1v) is 9.54. The Morgan fingerprint density at radius 2 is 1.67 bits per heavy atom. The van der Waals surface area contributed by atoms with Gasteiger partial charge in [0.05, 0.1) is 0 Å². The van der Waals surface area contributed by atoms with Crippen LogP contribution in [0.1, 0.15) is 24.3 Å². The number of anilines is 3. The van der Waals surface area contributed by atoms with Gasteiger partial charge in [0, 0.05) is 50.6 Å². The summed E-state index contributed by atoms with van der Waals surface area (Å²) < 4.78 is 0. The maximum atomic E-state index is 12.5. The van der Waals surface area contributed by atoms with E-state index in [0.29, 0.717) is 11.5 Å². The number of piperazine rings is 1. The lowest BCUT2D eigenvalue weighted by atomic mass is 10.2. The van der Waals surface area contributed by atoms with Crippen molar-refractivity contribution in [2.24, 2.45) is 0 Å². The highest BCUT2D eigenvalue weighted by molar-refractivity contribution is 5.92. The van der Waals surface area contributed by atoms with Crippen LogP contribution >= 0.6 is 0 Å². The van der Waals surface area contributed by atoms with Gasteiger partial charge >= 0.3 is 0 Å². The van der Waals surface area contributed by atoms with E-state index in [2.05, 4.69) is 58.3 Å². The van der Waals surface area contributed by atoms with Crippen molar-refractivity contribution >= 4 is 23.1 Å². The molecule has 1 aliphatic rings. The Kier molecular flexibility index (Phi) is 6.24. The maximum Gasteiger partial charge on any atom is 0.274 e. The average Bonchev–Trinajstić information content (AvgIpc) is 2.71. The summed E-state index contributed by atoms with van der Waals surface area (Å²) in [5.41, 5.74) is 2.53. The van der Waals surface area contributed by atoms with Crippen LogP contribution in [0.4, 0.5) is 17.2 Å². The summed E-state index contributed by atoms with van der Waals surface area (Å²) in [5.74, 6) is 0.575. The average molecular weight is 368 g/mol. The van der Waals surface area contributed by atoms with Gasteiger partial charge in [0.15, 0.2) is 11.5 Å². The van der Waals surface area contributed by atoms with Crippen molar-refractivity contribution in [3.63, 3.8) is 0 Å². The molecule has 0 radical (unpaired) electrons. The van der Waals surface area contributed by atoms with Gasteiger partial charge in [-0.15, -0.1) is 10.2 Å². The normalized spacial score (nSPS) is 14.9. The number of hydrogen-bond donors (Lipinski definition) is 1. The van der Waals surface area contributed by atoms with Crippen LogP contribution in [0.2, 0.25) is 0 Å². The van der Waals surface area contributed by atoms with Gasteiger partial charge in [0.2, 0.25) is 0 Å². The fraction of sp³-hybridized carbons (Fsp3) is 0.450. The molecule has 1 aliphatic heterocycles. The summed E-state index contributed by atoms with van der Waals surface area (Å²) in [4.78, 5) is 18.9. The Hall–Kier alpha value is -2.67. The molecule has 3 rings (SSSR count). The third kappa shape index (κ3) is 4.74. The predicted octanol–water partition coefficient (Wildman–Crippen LogP) is 2.45. The highest BCUT2D eigenvalue weighted by Crippen LogP contribution is 2.20. The summed E-state index contributed by atoms with van der Waals surface area (Å²) in [6, 6.07) is 11.8. The van der Waals surface area contributed by atoms with Gasteiger partial charge in [-0.1, -0.05) is 0 Å². The number of likely N-dealkylation sites (N-methyl/N-ethyl adjacent to an activating group) is 1. The Morgan fingerprint density at radius 3 is 2.22 bits per heavy atom. The molecule has 0 spiro atoms. The Morgan fingerprint density at radius 1 is 1.00 bits per heavy atom. The van der Waals surface area contributed by atoms with E-state index in [1.165, 1.54) is 5.69 Å². The summed E-state index contributed by atoms with van der Waals surface area (Å²) in [7, 11) is 2.07. The topological polar surface area (TPSA) is 64.6 Å². The Bertz CT molecular complexity index is 734. The number of nitrogens with one attached hydrogen (secondary N) is 1. The van der Waals surface area contributed by atoms with E-state index in [1.54, 1.807) is 12.1 Å². The zero-order valence-electron chi connectivity index (χ0n) is 16.4. The summed E-state index contributed by atoms with van der Waals surface area (Å²) in [5, 5.41) is 11.5. The largest absolute Gasteiger partial charge is 0.372 e. The van der Waals surface area contributed by atoms with E-state index in [4.69, 9.17) is 0 Å². The number of amides is 1.